The maximum Gasteiger partial charge on any atom is 0.256 e. The van der Waals surface area contributed by atoms with Gasteiger partial charge in [0.2, 0.25) is 0 Å². The van der Waals surface area contributed by atoms with E-state index >= 15 is 0 Å². The molecule has 5 nitrogen and oxygen atoms in total. The fourth-order valence-electron chi connectivity index (χ4n) is 3.98. The number of thiophene rings is 1. The summed E-state index contributed by atoms with van der Waals surface area (Å²) in [5.41, 5.74) is 11.3. The zero-order chi connectivity index (χ0) is 21.3. The van der Waals surface area contributed by atoms with Crippen LogP contribution in [0.4, 0.5) is 5.00 Å². The summed E-state index contributed by atoms with van der Waals surface area (Å²) in [5, 5.41) is 3.51. The van der Waals surface area contributed by atoms with E-state index in [1.807, 2.05) is 32.0 Å². The number of nitrogens with one attached hydrogen (secondary N) is 2. The molecule has 1 aliphatic rings. The number of hydrogen-bond donors (Lipinski definition) is 3. The van der Waals surface area contributed by atoms with Crippen molar-refractivity contribution in [3.8, 4) is 0 Å². The second-order valence-corrected chi connectivity index (χ2v) is 9.02. The Labute approximate surface area is 180 Å². The van der Waals surface area contributed by atoms with E-state index in [1.165, 1.54) is 21.8 Å². The SMILES string of the molecule is Cc1ccc(C(=O)Nc2sc3c(c2C(N)=O)CC[NH+](Cc2ccccc2)C3)cc1C. The molecule has 0 bridgehead atoms. The van der Waals surface area contributed by atoms with E-state index in [1.54, 1.807) is 6.07 Å². The van der Waals surface area contributed by atoms with Crippen molar-refractivity contribution in [2.75, 3.05) is 11.9 Å². The van der Waals surface area contributed by atoms with Gasteiger partial charge >= 0.3 is 0 Å². The Morgan fingerprint density at radius 2 is 1.87 bits per heavy atom. The van der Waals surface area contributed by atoms with Crippen molar-refractivity contribution >= 4 is 28.2 Å². The number of carbonyl (C=O) groups is 2. The summed E-state index contributed by atoms with van der Waals surface area (Å²) in [6.45, 7) is 6.69. The van der Waals surface area contributed by atoms with Crippen LogP contribution < -0.4 is 16.0 Å². The molecule has 0 saturated heterocycles. The molecular weight excluding hydrogens is 394 g/mol. The molecule has 2 amide bonds. The Balaban J connectivity index is 1.57. The molecule has 2 heterocycles. The molecule has 1 aromatic heterocycles. The van der Waals surface area contributed by atoms with Crippen LogP contribution in [0, 0.1) is 13.8 Å². The molecule has 1 aliphatic heterocycles. The van der Waals surface area contributed by atoms with Crippen molar-refractivity contribution in [2.45, 2.75) is 33.4 Å². The van der Waals surface area contributed by atoms with Gasteiger partial charge in [-0.25, -0.2) is 0 Å². The van der Waals surface area contributed by atoms with Gasteiger partial charge in [0.15, 0.2) is 0 Å². The predicted octanol–water partition coefficient (Wildman–Crippen LogP) is 2.86. The lowest BCUT2D eigenvalue weighted by atomic mass is 10.0. The minimum absolute atomic E-state index is 0.215. The molecule has 4 N–H and O–H groups in total. The Morgan fingerprint density at radius 3 is 2.57 bits per heavy atom. The number of amides is 2. The van der Waals surface area contributed by atoms with Gasteiger partial charge < -0.3 is 16.0 Å². The third-order valence-electron chi connectivity index (χ3n) is 5.77. The first-order valence-electron chi connectivity index (χ1n) is 10.1. The Bertz CT molecular complexity index is 1110. The highest BCUT2D eigenvalue weighted by Gasteiger charge is 2.30. The quantitative estimate of drug-likeness (QED) is 0.594. The van der Waals surface area contributed by atoms with Gasteiger partial charge in [0, 0.05) is 17.5 Å². The zero-order valence-corrected chi connectivity index (χ0v) is 18.1. The molecule has 1 atom stereocenters. The highest BCUT2D eigenvalue weighted by molar-refractivity contribution is 7.17. The minimum atomic E-state index is -0.477. The van der Waals surface area contributed by atoms with E-state index in [0.29, 0.717) is 16.1 Å². The van der Waals surface area contributed by atoms with E-state index in [4.69, 9.17) is 5.73 Å². The van der Waals surface area contributed by atoms with E-state index in [-0.39, 0.29) is 5.91 Å². The smallest absolute Gasteiger partial charge is 0.256 e. The van der Waals surface area contributed by atoms with Gasteiger partial charge in [0.05, 0.1) is 17.0 Å². The van der Waals surface area contributed by atoms with Crippen molar-refractivity contribution in [2.24, 2.45) is 5.73 Å². The molecule has 0 saturated carbocycles. The van der Waals surface area contributed by atoms with Crippen LogP contribution in [0.15, 0.2) is 48.5 Å². The van der Waals surface area contributed by atoms with Gasteiger partial charge in [-0.2, -0.15) is 0 Å². The predicted molar refractivity (Wildman–Crippen MR) is 120 cm³/mol. The largest absolute Gasteiger partial charge is 0.365 e. The molecule has 0 fully saturated rings. The second-order valence-electron chi connectivity index (χ2n) is 7.91. The molecule has 0 aliphatic carbocycles. The Hall–Kier alpha value is -2.96. The highest BCUT2D eigenvalue weighted by atomic mass is 32.1. The number of benzene rings is 2. The van der Waals surface area contributed by atoms with Gasteiger partial charge in [0.25, 0.3) is 11.8 Å². The maximum atomic E-state index is 12.8. The van der Waals surface area contributed by atoms with Crippen LogP contribution in [0.5, 0.6) is 0 Å². The van der Waals surface area contributed by atoms with Gasteiger partial charge in [-0.05, 0) is 42.7 Å². The number of anilines is 1. The lowest BCUT2D eigenvalue weighted by molar-refractivity contribution is -0.929. The summed E-state index contributed by atoms with van der Waals surface area (Å²) in [5.74, 6) is -0.693. The van der Waals surface area contributed by atoms with Crippen molar-refractivity contribution in [1.29, 1.82) is 0 Å². The number of hydrogen-bond acceptors (Lipinski definition) is 3. The van der Waals surface area contributed by atoms with Gasteiger partial charge in [0.1, 0.15) is 18.1 Å². The summed E-state index contributed by atoms with van der Waals surface area (Å²) >= 11 is 1.48. The molecule has 3 aromatic rings. The van der Waals surface area contributed by atoms with Crippen LogP contribution in [0.1, 0.15) is 47.8 Å². The van der Waals surface area contributed by atoms with Gasteiger partial charge in [-0.1, -0.05) is 36.4 Å². The molecule has 154 valence electrons. The van der Waals surface area contributed by atoms with Crippen LogP contribution in [0.3, 0.4) is 0 Å². The van der Waals surface area contributed by atoms with Crippen LogP contribution in [-0.2, 0) is 19.5 Å². The molecule has 30 heavy (non-hydrogen) atoms. The molecule has 1 unspecified atom stereocenters. The molecule has 2 aromatic carbocycles. The number of quaternary nitrogens is 1. The summed E-state index contributed by atoms with van der Waals surface area (Å²) in [6.07, 6.45) is 0.784. The minimum Gasteiger partial charge on any atom is -0.365 e. The van der Waals surface area contributed by atoms with Crippen LogP contribution in [-0.4, -0.2) is 18.4 Å². The van der Waals surface area contributed by atoms with E-state index in [0.717, 1.165) is 47.6 Å². The number of fused-ring (bicyclic) bond motifs is 1. The van der Waals surface area contributed by atoms with Gasteiger partial charge in [-0.3, -0.25) is 9.59 Å². The number of carbonyl (C=O) groups excluding carboxylic acids is 2. The normalized spacial score (nSPS) is 15.5. The molecule has 0 spiro atoms. The first-order chi connectivity index (χ1) is 14.4. The lowest BCUT2D eigenvalue weighted by Crippen LogP contribution is -3.10. The number of primary amides is 1. The van der Waals surface area contributed by atoms with Crippen molar-refractivity contribution in [3.05, 3.63) is 86.8 Å². The average molecular weight is 421 g/mol. The fourth-order valence-corrected chi connectivity index (χ4v) is 5.30. The number of nitrogens with two attached hydrogens (primary N) is 1. The van der Waals surface area contributed by atoms with Crippen molar-refractivity contribution < 1.29 is 14.5 Å². The summed E-state index contributed by atoms with van der Waals surface area (Å²) in [7, 11) is 0. The summed E-state index contributed by atoms with van der Waals surface area (Å²) < 4.78 is 0. The summed E-state index contributed by atoms with van der Waals surface area (Å²) in [4.78, 5) is 27.6. The first-order valence-corrected chi connectivity index (χ1v) is 10.9. The zero-order valence-electron chi connectivity index (χ0n) is 17.2. The Morgan fingerprint density at radius 1 is 1.10 bits per heavy atom. The average Bonchev–Trinajstić information content (AvgIpc) is 3.08. The third kappa shape index (κ3) is 4.15. The van der Waals surface area contributed by atoms with E-state index in [9.17, 15) is 9.59 Å². The maximum absolute atomic E-state index is 12.8. The monoisotopic (exact) mass is 420 g/mol. The highest BCUT2D eigenvalue weighted by Crippen LogP contribution is 2.34. The fraction of sp³-hybridized carbons (Fsp3) is 0.250. The van der Waals surface area contributed by atoms with Crippen LogP contribution in [0.2, 0.25) is 0 Å². The molecule has 4 rings (SSSR count). The van der Waals surface area contributed by atoms with Crippen LogP contribution >= 0.6 is 11.3 Å². The number of aryl methyl sites for hydroxylation is 2. The van der Waals surface area contributed by atoms with E-state index < -0.39 is 5.91 Å². The standard InChI is InChI=1S/C24H25N3O2S/c1-15-8-9-18(12-16(15)2)23(29)26-24-21(22(25)28)19-10-11-27(14-20(19)30-24)13-17-6-4-3-5-7-17/h3-9,12H,10-11,13-14H2,1-2H3,(H2,25,28)(H,26,29)/p+1. The van der Waals surface area contributed by atoms with E-state index in [2.05, 4.69) is 29.6 Å². The third-order valence-corrected chi connectivity index (χ3v) is 6.92. The Kier molecular flexibility index (Phi) is 5.70. The van der Waals surface area contributed by atoms with Crippen molar-refractivity contribution in [1.82, 2.24) is 0 Å². The van der Waals surface area contributed by atoms with Gasteiger partial charge in [-0.15, -0.1) is 11.3 Å². The topological polar surface area (TPSA) is 76.6 Å². The van der Waals surface area contributed by atoms with Crippen LogP contribution in [0.25, 0.3) is 0 Å². The molecule has 0 radical (unpaired) electrons. The summed E-state index contributed by atoms with van der Waals surface area (Å²) in [6, 6.07) is 16.0. The lowest BCUT2D eigenvalue weighted by Gasteiger charge is -2.24. The van der Waals surface area contributed by atoms with Crippen molar-refractivity contribution in [3.63, 3.8) is 0 Å². The molecular formula is C24H26N3O2S+. The number of rotatable bonds is 5. The second kappa shape index (κ2) is 8.42. The first kappa shape index (κ1) is 20.3. The molecule has 6 heteroatoms.